The molecule has 0 aliphatic carbocycles. The molecule has 136 valence electrons. The van der Waals surface area contributed by atoms with Crippen LogP contribution in [0.4, 0.5) is 0 Å². The van der Waals surface area contributed by atoms with Gasteiger partial charge >= 0.3 is 0 Å². The summed E-state index contributed by atoms with van der Waals surface area (Å²) in [6.07, 6.45) is 1.55. The molecule has 0 radical (unpaired) electrons. The summed E-state index contributed by atoms with van der Waals surface area (Å²) in [5, 5.41) is 4.88. The van der Waals surface area contributed by atoms with Gasteiger partial charge in [-0.2, -0.15) is 0 Å². The molecule has 4 rings (SSSR count). The number of rotatable bonds is 3. The van der Waals surface area contributed by atoms with Crippen LogP contribution >= 0.6 is 23.2 Å². The molecule has 2 aromatic rings. The Kier molecular flexibility index (Phi) is 5.07. The van der Waals surface area contributed by atoms with Gasteiger partial charge in [-0.3, -0.25) is 9.69 Å². The van der Waals surface area contributed by atoms with E-state index in [1.807, 2.05) is 24.3 Å². The topological polar surface area (TPSA) is 32.3 Å². The summed E-state index contributed by atoms with van der Waals surface area (Å²) in [4.78, 5) is 15.1. The molecule has 1 atom stereocenters. The van der Waals surface area contributed by atoms with Crippen LogP contribution in [0.15, 0.2) is 48.5 Å². The molecule has 0 saturated carbocycles. The van der Waals surface area contributed by atoms with Gasteiger partial charge in [0.15, 0.2) is 0 Å². The third-order valence-electron chi connectivity index (χ3n) is 5.70. The van der Waals surface area contributed by atoms with Gasteiger partial charge in [0.2, 0.25) is 0 Å². The highest BCUT2D eigenvalue weighted by molar-refractivity contribution is 6.30. The zero-order valence-corrected chi connectivity index (χ0v) is 16.1. The number of ketones is 1. The Morgan fingerprint density at radius 1 is 0.962 bits per heavy atom. The molecule has 0 aromatic heterocycles. The molecule has 2 aromatic carbocycles. The largest absolute Gasteiger partial charge is 0.315 e. The summed E-state index contributed by atoms with van der Waals surface area (Å²) in [5.41, 5.74) is 2.13. The molecular formula is C21H22Cl2N2O. The van der Waals surface area contributed by atoms with E-state index >= 15 is 0 Å². The van der Waals surface area contributed by atoms with E-state index in [2.05, 4.69) is 34.5 Å². The Hall–Kier alpha value is -1.39. The Morgan fingerprint density at radius 3 is 2.08 bits per heavy atom. The van der Waals surface area contributed by atoms with Crippen LogP contribution in [0.5, 0.6) is 0 Å². The maximum absolute atomic E-state index is 12.6. The van der Waals surface area contributed by atoms with E-state index in [0.717, 1.165) is 42.6 Å². The highest BCUT2D eigenvalue weighted by atomic mass is 35.5. The van der Waals surface area contributed by atoms with E-state index in [4.69, 9.17) is 23.2 Å². The van der Waals surface area contributed by atoms with E-state index in [0.29, 0.717) is 12.2 Å². The van der Waals surface area contributed by atoms with Crippen molar-refractivity contribution in [1.82, 2.24) is 10.2 Å². The SMILES string of the molecule is O=C1CCNCC12CCN(C(c1ccc(Cl)cc1)c1ccc(Cl)cc1)C2. The van der Waals surface area contributed by atoms with Gasteiger partial charge in [-0.1, -0.05) is 47.5 Å². The third-order valence-corrected chi connectivity index (χ3v) is 6.21. The second-order valence-corrected chi connectivity index (χ2v) is 8.23. The normalized spacial score (nSPS) is 23.9. The highest BCUT2D eigenvalue weighted by Gasteiger charge is 2.47. The van der Waals surface area contributed by atoms with Crippen LogP contribution in [0.1, 0.15) is 30.0 Å². The summed E-state index contributed by atoms with van der Waals surface area (Å²) in [6, 6.07) is 16.1. The number of benzene rings is 2. The van der Waals surface area contributed by atoms with Crippen molar-refractivity contribution in [3.8, 4) is 0 Å². The highest BCUT2D eigenvalue weighted by Crippen LogP contribution is 2.40. The van der Waals surface area contributed by atoms with Crippen molar-refractivity contribution in [2.45, 2.75) is 18.9 Å². The first-order valence-corrected chi connectivity index (χ1v) is 9.82. The van der Waals surface area contributed by atoms with Crippen LogP contribution in [-0.4, -0.2) is 36.9 Å². The maximum Gasteiger partial charge on any atom is 0.142 e. The maximum atomic E-state index is 12.6. The van der Waals surface area contributed by atoms with Crippen LogP contribution < -0.4 is 5.32 Å². The van der Waals surface area contributed by atoms with E-state index in [9.17, 15) is 4.79 Å². The Bertz CT molecular complexity index is 745. The average Bonchev–Trinajstić information content (AvgIpc) is 3.06. The minimum atomic E-state index is -0.241. The third kappa shape index (κ3) is 3.41. The molecule has 2 aliphatic rings. The lowest BCUT2D eigenvalue weighted by Crippen LogP contribution is -2.49. The Labute approximate surface area is 164 Å². The number of halogens is 2. The first kappa shape index (κ1) is 18.0. The zero-order chi connectivity index (χ0) is 18.1. The lowest BCUT2D eigenvalue weighted by Gasteiger charge is -2.34. The molecule has 0 bridgehead atoms. The molecule has 1 spiro atoms. The number of carbonyl (C=O) groups excluding carboxylic acids is 1. The van der Waals surface area contributed by atoms with E-state index in [-0.39, 0.29) is 11.5 Å². The fraction of sp³-hybridized carbons (Fsp3) is 0.381. The van der Waals surface area contributed by atoms with Gasteiger partial charge < -0.3 is 5.32 Å². The van der Waals surface area contributed by atoms with Crippen molar-refractivity contribution < 1.29 is 4.79 Å². The van der Waals surface area contributed by atoms with Crippen molar-refractivity contribution in [2.24, 2.45) is 5.41 Å². The molecule has 2 fully saturated rings. The molecule has 2 heterocycles. The monoisotopic (exact) mass is 388 g/mol. The van der Waals surface area contributed by atoms with E-state index < -0.39 is 0 Å². The first-order chi connectivity index (χ1) is 12.6. The number of piperidine rings is 1. The quantitative estimate of drug-likeness (QED) is 0.848. The van der Waals surface area contributed by atoms with Crippen molar-refractivity contribution in [1.29, 1.82) is 0 Å². The number of Topliss-reactive ketones (excluding diaryl/α,β-unsaturated/α-hetero) is 1. The van der Waals surface area contributed by atoms with Crippen LogP contribution in [0.25, 0.3) is 0 Å². The van der Waals surface area contributed by atoms with Crippen LogP contribution in [-0.2, 0) is 4.79 Å². The van der Waals surface area contributed by atoms with Crippen molar-refractivity contribution in [3.63, 3.8) is 0 Å². The van der Waals surface area contributed by atoms with Gasteiger partial charge in [-0.25, -0.2) is 0 Å². The van der Waals surface area contributed by atoms with Crippen molar-refractivity contribution >= 4 is 29.0 Å². The second kappa shape index (κ2) is 7.32. The molecular weight excluding hydrogens is 367 g/mol. The minimum absolute atomic E-state index is 0.0960. The summed E-state index contributed by atoms with van der Waals surface area (Å²) in [6.45, 7) is 3.28. The standard InChI is InChI=1S/C21H22Cl2N2O/c22-17-5-1-15(2-6-17)20(16-3-7-18(23)8-4-16)25-12-10-21(14-25)13-24-11-9-19(21)26/h1-8,20,24H,9-14H2. The lowest BCUT2D eigenvalue weighted by molar-refractivity contribution is -0.129. The van der Waals surface area contributed by atoms with Gasteiger partial charge in [0.1, 0.15) is 5.78 Å². The lowest BCUT2D eigenvalue weighted by atomic mass is 9.79. The predicted molar refractivity (Wildman–Crippen MR) is 106 cm³/mol. The summed E-state index contributed by atoms with van der Waals surface area (Å²) in [5.74, 6) is 0.407. The van der Waals surface area contributed by atoms with Crippen molar-refractivity contribution in [3.05, 3.63) is 69.7 Å². The van der Waals surface area contributed by atoms with Crippen LogP contribution in [0.2, 0.25) is 10.0 Å². The smallest absolute Gasteiger partial charge is 0.142 e. The molecule has 1 N–H and O–H groups in total. The van der Waals surface area contributed by atoms with Crippen LogP contribution in [0, 0.1) is 5.41 Å². The second-order valence-electron chi connectivity index (χ2n) is 7.36. The first-order valence-electron chi connectivity index (χ1n) is 9.06. The number of hydrogen-bond acceptors (Lipinski definition) is 3. The zero-order valence-electron chi connectivity index (χ0n) is 14.6. The minimum Gasteiger partial charge on any atom is -0.315 e. The molecule has 5 heteroatoms. The van der Waals surface area contributed by atoms with Gasteiger partial charge in [-0.15, -0.1) is 0 Å². The molecule has 0 amide bonds. The van der Waals surface area contributed by atoms with E-state index in [1.165, 1.54) is 11.1 Å². The summed E-state index contributed by atoms with van der Waals surface area (Å²) < 4.78 is 0. The Morgan fingerprint density at radius 2 is 1.54 bits per heavy atom. The van der Waals surface area contributed by atoms with Gasteiger partial charge in [-0.05, 0) is 41.8 Å². The summed E-state index contributed by atoms with van der Waals surface area (Å²) in [7, 11) is 0. The number of nitrogens with zero attached hydrogens (tertiary/aromatic N) is 1. The van der Waals surface area contributed by atoms with E-state index in [1.54, 1.807) is 0 Å². The summed E-state index contributed by atoms with van der Waals surface area (Å²) >= 11 is 12.2. The van der Waals surface area contributed by atoms with Gasteiger partial charge in [0.25, 0.3) is 0 Å². The van der Waals surface area contributed by atoms with Gasteiger partial charge in [0, 0.05) is 42.6 Å². The Balaban J connectivity index is 1.68. The molecule has 1 unspecified atom stereocenters. The fourth-order valence-electron chi connectivity index (χ4n) is 4.29. The fourth-order valence-corrected chi connectivity index (χ4v) is 4.55. The molecule has 2 saturated heterocycles. The predicted octanol–water partition coefficient (Wildman–Crippen LogP) is 4.34. The number of carbonyl (C=O) groups is 1. The average molecular weight is 389 g/mol. The van der Waals surface area contributed by atoms with Crippen molar-refractivity contribution in [2.75, 3.05) is 26.2 Å². The number of hydrogen-bond donors (Lipinski definition) is 1. The molecule has 26 heavy (non-hydrogen) atoms. The number of nitrogens with one attached hydrogen (secondary N) is 1. The number of likely N-dealkylation sites (tertiary alicyclic amines) is 1. The molecule has 2 aliphatic heterocycles. The van der Waals surface area contributed by atoms with Gasteiger partial charge in [0.05, 0.1) is 11.5 Å². The van der Waals surface area contributed by atoms with Crippen LogP contribution in [0.3, 0.4) is 0 Å². The molecule has 3 nitrogen and oxygen atoms in total.